The van der Waals surface area contributed by atoms with E-state index in [0.717, 1.165) is 25.2 Å². The summed E-state index contributed by atoms with van der Waals surface area (Å²) in [5.41, 5.74) is 1.03. The lowest BCUT2D eigenvalue weighted by molar-refractivity contribution is 0.0733. The van der Waals surface area contributed by atoms with Gasteiger partial charge in [0.15, 0.2) is 0 Å². The van der Waals surface area contributed by atoms with Crippen molar-refractivity contribution in [1.29, 1.82) is 0 Å². The van der Waals surface area contributed by atoms with Crippen molar-refractivity contribution in [3.05, 3.63) is 33.7 Å². The van der Waals surface area contributed by atoms with Crippen LogP contribution in [0, 0.1) is 6.92 Å². The van der Waals surface area contributed by atoms with Gasteiger partial charge in [-0.2, -0.15) is 0 Å². The maximum absolute atomic E-state index is 12.6. The molecule has 0 radical (unpaired) electrons. The largest absolute Gasteiger partial charge is 0.336 e. The Labute approximate surface area is 119 Å². The van der Waals surface area contributed by atoms with Crippen molar-refractivity contribution in [1.82, 2.24) is 14.8 Å². The third kappa shape index (κ3) is 2.77. The fourth-order valence-electron chi connectivity index (χ4n) is 2.58. The lowest BCUT2D eigenvalue weighted by atomic mass is 10.1. The van der Waals surface area contributed by atoms with Crippen LogP contribution >= 0.6 is 0 Å². The second-order valence-electron chi connectivity index (χ2n) is 5.36. The minimum absolute atomic E-state index is 0.110. The smallest absolute Gasteiger partial charge is 0.263 e. The number of pyridine rings is 1. The van der Waals surface area contributed by atoms with E-state index in [1.54, 1.807) is 15.5 Å². The van der Waals surface area contributed by atoms with Crippen molar-refractivity contribution >= 4 is 5.91 Å². The zero-order chi connectivity index (χ0) is 14.7. The number of piperazine rings is 1. The SMILES string of the molecule is CCC(C)n1c(C)ccc(C(=O)N2CCNCC2)c1=O. The first-order valence-electron chi connectivity index (χ1n) is 7.28. The quantitative estimate of drug-likeness (QED) is 0.902. The molecule has 1 unspecified atom stereocenters. The first kappa shape index (κ1) is 14.8. The van der Waals surface area contributed by atoms with Gasteiger partial charge in [-0.15, -0.1) is 0 Å². The van der Waals surface area contributed by atoms with Crippen molar-refractivity contribution in [3.63, 3.8) is 0 Å². The molecule has 1 atom stereocenters. The molecule has 1 aliphatic heterocycles. The van der Waals surface area contributed by atoms with Gasteiger partial charge in [-0.3, -0.25) is 9.59 Å². The summed E-state index contributed by atoms with van der Waals surface area (Å²) in [7, 11) is 0. The molecule has 5 nitrogen and oxygen atoms in total. The zero-order valence-corrected chi connectivity index (χ0v) is 12.5. The molecule has 0 saturated carbocycles. The second-order valence-corrected chi connectivity index (χ2v) is 5.36. The van der Waals surface area contributed by atoms with E-state index in [-0.39, 0.29) is 23.1 Å². The molecular formula is C15H23N3O2. The molecule has 1 saturated heterocycles. The number of nitrogens with zero attached hydrogens (tertiary/aromatic N) is 2. The van der Waals surface area contributed by atoms with E-state index >= 15 is 0 Å². The van der Waals surface area contributed by atoms with Crippen LogP contribution in [0.2, 0.25) is 0 Å². The van der Waals surface area contributed by atoms with Crippen LogP contribution in [0.3, 0.4) is 0 Å². The van der Waals surface area contributed by atoms with Crippen LogP contribution in [0.15, 0.2) is 16.9 Å². The summed E-state index contributed by atoms with van der Waals surface area (Å²) < 4.78 is 1.73. The van der Waals surface area contributed by atoms with E-state index in [0.29, 0.717) is 13.1 Å². The normalized spacial score (nSPS) is 17.1. The first-order chi connectivity index (χ1) is 9.56. The highest BCUT2D eigenvalue weighted by molar-refractivity contribution is 5.94. The van der Waals surface area contributed by atoms with Crippen molar-refractivity contribution < 1.29 is 4.79 Å². The number of hydrogen-bond acceptors (Lipinski definition) is 3. The number of aromatic nitrogens is 1. The number of hydrogen-bond donors (Lipinski definition) is 1. The molecule has 1 aliphatic rings. The van der Waals surface area contributed by atoms with Gasteiger partial charge in [0.2, 0.25) is 0 Å². The summed E-state index contributed by atoms with van der Waals surface area (Å²) in [6.07, 6.45) is 0.867. The van der Waals surface area contributed by atoms with Crippen LogP contribution in [0.1, 0.15) is 42.4 Å². The van der Waals surface area contributed by atoms with Crippen LogP contribution in [0.25, 0.3) is 0 Å². The van der Waals surface area contributed by atoms with Crippen LogP contribution in [-0.4, -0.2) is 41.6 Å². The fourth-order valence-corrected chi connectivity index (χ4v) is 2.58. The van der Waals surface area contributed by atoms with Crippen molar-refractivity contribution in [2.45, 2.75) is 33.2 Å². The Morgan fingerprint density at radius 3 is 2.60 bits per heavy atom. The maximum Gasteiger partial charge on any atom is 0.263 e. The number of aryl methyl sites for hydroxylation is 1. The first-order valence-corrected chi connectivity index (χ1v) is 7.28. The molecule has 2 heterocycles. The van der Waals surface area contributed by atoms with Crippen molar-refractivity contribution in [2.24, 2.45) is 0 Å². The Kier molecular flexibility index (Phi) is 4.60. The molecule has 0 aliphatic carbocycles. The monoisotopic (exact) mass is 277 g/mol. The summed E-state index contributed by atoms with van der Waals surface area (Å²) >= 11 is 0. The summed E-state index contributed by atoms with van der Waals surface area (Å²) in [6.45, 7) is 8.86. The van der Waals surface area contributed by atoms with Crippen LogP contribution in [0.5, 0.6) is 0 Å². The molecule has 0 spiro atoms. The molecule has 1 aromatic rings. The van der Waals surface area contributed by atoms with Crippen LogP contribution in [-0.2, 0) is 0 Å². The van der Waals surface area contributed by atoms with Crippen LogP contribution in [0.4, 0.5) is 0 Å². The molecule has 110 valence electrons. The van der Waals surface area contributed by atoms with E-state index in [2.05, 4.69) is 5.32 Å². The Hall–Kier alpha value is -1.62. The number of rotatable bonds is 3. The topological polar surface area (TPSA) is 54.3 Å². The second kappa shape index (κ2) is 6.22. The number of nitrogens with one attached hydrogen (secondary N) is 1. The predicted octanol–water partition coefficient (Wildman–Crippen LogP) is 1.17. The highest BCUT2D eigenvalue weighted by Crippen LogP contribution is 2.12. The summed E-state index contributed by atoms with van der Waals surface area (Å²) in [6, 6.07) is 3.64. The van der Waals surface area contributed by atoms with Gasteiger partial charge in [0.1, 0.15) is 5.56 Å². The van der Waals surface area contributed by atoms with Crippen LogP contribution < -0.4 is 10.9 Å². The molecule has 1 N–H and O–H groups in total. The highest BCUT2D eigenvalue weighted by atomic mass is 16.2. The lowest BCUT2D eigenvalue weighted by Crippen LogP contribution is -2.48. The Balaban J connectivity index is 2.37. The van der Waals surface area contributed by atoms with Gasteiger partial charge in [-0.1, -0.05) is 6.92 Å². The molecule has 2 rings (SSSR count). The molecule has 1 amide bonds. The van der Waals surface area contributed by atoms with E-state index in [1.807, 2.05) is 26.8 Å². The Morgan fingerprint density at radius 1 is 1.35 bits per heavy atom. The number of carbonyl (C=O) groups excluding carboxylic acids is 1. The van der Waals surface area contributed by atoms with Gasteiger partial charge in [0.05, 0.1) is 0 Å². The Bertz CT molecular complexity index is 545. The molecule has 0 bridgehead atoms. The third-order valence-electron chi connectivity index (χ3n) is 3.99. The maximum atomic E-state index is 12.6. The van der Waals surface area contributed by atoms with Gasteiger partial charge in [0, 0.05) is 37.9 Å². The summed E-state index contributed by atoms with van der Waals surface area (Å²) in [5.74, 6) is -0.145. The Morgan fingerprint density at radius 2 is 2.00 bits per heavy atom. The van der Waals surface area contributed by atoms with Gasteiger partial charge < -0.3 is 14.8 Å². The standard InChI is InChI=1S/C15H23N3O2/c1-4-11(2)18-12(3)5-6-13(15(18)20)14(19)17-9-7-16-8-10-17/h5-6,11,16H,4,7-10H2,1-3H3. The minimum atomic E-state index is -0.164. The van der Waals surface area contributed by atoms with E-state index in [9.17, 15) is 9.59 Å². The molecule has 5 heteroatoms. The lowest BCUT2D eigenvalue weighted by Gasteiger charge is -2.27. The molecule has 1 aromatic heterocycles. The van der Waals surface area contributed by atoms with Crippen molar-refractivity contribution in [2.75, 3.05) is 26.2 Å². The molecular weight excluding hydrogens is 254 g/mol. The average Bonchev–Trinajstić information content (AvgIpc) is 2.47. The molecule has 1 fully saturated rings. The molecule has 0 aromatic carbocycles. The van der Waals surface area contributed by atoms with Gasteiger partial charge in [-0.05, 0) is 32.4 Å². The summed E-state index contributed by atoms with van der Waals surface area (Å²) in [4.78, 5) is 26.8. The average molecular weight is 277 g/mol. The van der Waals surface area contributed by atoms with E-state index < -0.39 is 0 Å². The van der Waals surface area contributed by atoms with Gasteiger partial charge in [0.25, 0.3) is 11.5 Å². The van der Waals surface area contributed by atoms with Gasteiger partial charge >= 0.3 is 0 Å². The number of carbonyl (C=O) groups is 1. The highest BCUT2D eigenvalue weighted by Gasteiger charge is 2.22. The fraction of sp³-hybridized carbons (Fsp3) is 0.600. The van der Waals surface area contributed by atoms with Crippen molar-refractivity contribution in [3.8, 4) is 0 Å². The van der Waals surface area contributed by atoms with E-state index in [1.165, 1.54) is 0 Å². The van der Waals surface area contributed by atoms with E-state index in [4.69, 9.17) is 0 Å². The number of amides is 1. The summed E-state index contributed by atoms with van der Waals surface area (Å²) in [5, 5.41) is 3.21. The van der Waals surface area contributed by atoms with Gasteiger partial charge in [-0.25, -0.2) is 0 Å². The minimum Gasteiger partial charge on any atom is -0.336 e. The third-order valence-corrected chi connectivity index (χ3v) is 3.99. The predicted molar refractivity (Wildman–Crippen MR) is 79.2 cm³/mol. The molecule has 20 heavy (non-hydrogen) atoms. The zero-order valence-electron chi connectivity index (χ0n) is 12.5.